The highest BCUT2D eigenvalue weighted by Gasteiger charge is 2.16. The first kappa shape index (κ1) is 17.7. The molecule has 0 saturated carbocycles. The van der Waals surface area contributed by atoms with Crippen LogP contribution in [0.5, 0.6) is 0 Å². The summed E-state index contributed by atoms with van der Waals surface area (Å²) in [5.74, 6) is 2.86. The van der Waals surface area contributed by atoms with Crippen LogP contribution in [0.2, 0.25) is 0 Å². The SMILES string of the molecule is Cc1ccccc1-c1noc(CCc2nnc3ccc(N4CCOCC4)nn23)n1. The van der Waals surface area contributed by atoms with Gasteiger partial charge in [0.25, 0.3) is 0 Å². The van der Waals surface area contributed by atoms with Crippen molar-refractivity contribution in [2.24, 2.45) is 0 Å². The van der Waals surface area contributed by atoms with E-state index in [0.717, 1.165) is 54.7 Å². The summed E-state index contributed by atoms with van der Waals surface area (Å²) in [5, 5.41) is 17.4. The minimum Gasteiger partial charge on any atom is -0.378 e. The number of rotatable bonds is 5. The Balaban J connectivity index is 1.34. The van der Waals surface area contributed by atoms with Crippen molar-refractivity contribution in [2.75, 3.05) is 31.2 Å². The van der Waals surface area contributed by atoms with Crippen LogP contribution in [0.25, 0.3) is 17.0 Å². The van der Waals surface area contributed by atoms with E-state index in [2.05, 4.69) is 25.2 Å². The van der Waals surface area contributed by atoms with E-state index >= 15 is 0 Å². The Kier molecular flexibility index (Phi) is 4.65. The highest BCUT2D eigenvalue weighted by Crippen LogP contribution is 2.20. The van der Waals surface area contributed by atoms with Gasteiger partial charge in [0.05, 0.1) is 13.2 Å². The van der Waals surface area contributed by atoms with E-state index in [1.54, 1.807) is 4.52 Å². The van der Waals surface area contributed by atoms with Crippen LogP contribution in [-0.2, 0) is 17.6 Å². The number of nitrogens with zero attached hydrogens (tertiary/aromatic N) is 7. The molecule has 0 spiro atoms. The van der Waals surface area contributed by atoms with Crippen LogP contribution in [-0.4, -0.2) is 56.3 Å². The first-order valence-electron chi connectivity index (χ1n) is 9.70. The van der Waals surface area contributed by atoms with Crippen LogP contribution >= 0.6 is 0 Å². The molecule has 0 aliphatic carbocycles. The molecule has 29 heavy (non-hydrogen) atoms. The molecule has 1 aliphatic heterocycles. The normalized spacial score (nSPS) is 14.6. The highest BCUT2D eigenvalue weighted by atomic mass is 16.5. The number of hydrogen-bond acceptors (Lipinski definition) is 8. The maximum absolute atomic E-state index is 5.44. The molecular weight excluding hydrogens is 370 g/mol. The quantitative estimate of drug-likeness (QED) is 0.510. The topological polar surface area (TPSA) is 94.5 Å². The van der Waals surface area contributed by atoms with E-state index in [1.165, 1.54) is 0 Å². The van der Waals surface area contributed by atoms with Gasteiger partial charge in [-0.3, -0.25) is 0 Å². The second-order valence-electron chi connectivity index (χ2n) is 7.00. The molecule has 0 radical (unpaired) electrons. The zero-order valence-electron chi connectivity index (χ0n) is 16.2. The number of morpholine rings is 1. The van der Waals surface area contributed by atoms with Crippen LogP contribution in [0, 0.1) is 6.92 Å². The maximum Gasteiger partial charge on any atom is 0.227 e. The van der Waals surface area contributed by atoms with Gasteiger partial charge in [-0.15, -0.1) is 15.3 Å². The van der Waals surface area contributed by atoms with E-state index in [-0.39, 0.29) is 0 Å². The van der Waals surface area contributed by atoms with Crippen LogP contribution in [0.3, 0.4) is 0 Å². The van der Waals surface area contributed by atoms with Crippen LogP contribution in [0.1, 0.15) is 17.3 Å². The molecule has 0 N–H and O–H groups in total. The van der Waals surface area contributed by atoms with Crippen molar-refractivity contribution in [3.05, 3.63) is 53.7 Å². The van der Waals surface area contributed by atoms with Crippen molar-refractivity contribution in [3.8, 4) is 11.4 Å². The van der Waals surface area contributed by atoms with Crippen LogP contribution < -0.4 is 4.90 Å². The Morgan fingerprint density at radius 2 is 1.86 bits per heavy atom. The lowest BCUT2D eigenvalue weighted by Crippen LogP contribution is -2.37. The lowest BCUT2D eigenvalue weighted by atomic mass is 10.1. The molecule has 0 amide bonds. The van der Waals surface area contributed by atoms with Crippen LogP contribution in [0.4, 0.5) is 5.82 Å². The van der Waals surface area contributed by atoms with Gasteiger partial charge < -0.3 is 14.2 Å². The number of hydrogen-bond donors (Lipinski definition) is 0. The monoisotopic (exact) mass is 391 g/mol. The summed E-state index contributed by atoms with van der Waals surface area (Å²) >= 11 is 0. The van der Waals surface area contributed by atoms with E-state index < -0.39 is 0 Å². The van der Waals surface area contributed by atoms with Gasteiger partial charge in [0.1, 0.15) is 5.82 Å². The summed E-state index contributed by atoms with van der Waals surface area (Å²) in [7, 11) is 0. The molecule has 0 unspecified atom stereocenters. The smallest absolute Gasteiger partial charge is 0.227 e. The molecule has 0 atom stereocenters. The van der Waals surface area contributed by atoms with Crippen molar-refractivity contribution in [1.29, 1.82) is 0 Å². The molecular formula is C20H21N7O2. The Morgan fingerprint density at radius 1 is 1.00 bits per heavy atom. The summed E-state index contributed by atoms with van der Waals surface area (Å²) in [5.41, 5.74) is 2.82. The van der Waals surface area contributed by atoms with Crippen LogP contribution in [0.15, 0.2) is 40.9 Å². The van der Waals surface area contributed by atoms with Crippen molar-refractivity contribution < 1.29 is 9.26 Å². The fraction of sp³-hybridized carbons (Fsp3) is 0.350. The van der Waals surface area contributed by atoms with Gasteiger partial charge in [-0.25, -0.2) is 0 Å². The minimum atomic E-state index is 0.573. The van der Waals surface area contributed by atoms with Crippen molar-refractivity contribution in [3.63, 3.8) is 0 Å². The van der Waals surface area contributed by atoms with Gasteiger partial charge >= 0.3 is 0 Å². The molecule has 9 nitrogen and oxygen atoms in total. The lowest BCUT2D eigenvalue weighted by Gasteiger charge is -2.27. The summed E-state index contributed by atoms with van der Waals surface area (Å²) in [6.07, 6.45) is 1.18. The van der Waals surface area contributed by atoms with Gasteiger partial charge in [0.2, 0.25) is 11.7 Å². The molecule has 3 aromatic heterocycles. The van der Waals surface area contributed by atoms with E-state index in [0.29, 0.717) is 24.6 Å². The third kappa shape index (κ3) is 3.56. The number of anilines is 1. The maximum atomic E-state index is 5.44. The summed E-state index contributed by atoms with van der Waals surface area (Å²) in [4.78, 5) is 6.74. The molecule has 4 heterocycles. The van der Waals surface area contributed by atoms with E-state index in [4.69, 9.17) is 14.4 Å². The minimum absolute atomic E-state index is 0.573. The molecule has 4 aromatic rings. The third-order valence-corrected chi connectivity index (χ3v) is 5.06. The van der Waals surface area contributed by atoms with Gasteiger partial charge in [-0.2, -0.15) is 9.50 Å². The fourth-order valence-electron chi connectivity index (χ4n) is 3.45. The second-order valence-corrected chi connectivity index (χ2v) is 7.00. The van der Waals surface area contributed by atoms with Crippen molar-refractivity contribution in [2.45, 2.75) is 19.8 Å². The average Bonchev–Trinajstić information content (AvgIpc) is 3.40. The first-order valence-corrected chi connectivity index (χ1v) is 9.70. The Bertz CT molecular complexity index is 1130. The number of aromatic nitrogens is 6. The Morgan fingerprint density at radius 3 is 2.72 bits per heavy atom. The molecule has 1 aromatic carbocycles. The summed E-state index contributed by atoms with van der Waals surface area (Å²) < 4.78 is 12.7. The predicted octanol–water partition coefficient (Wildman–Crippen LogP) is 2.10. The molecule has 1 saturated heterocycles. The Labute approximate surface area is 167 Å². The van der Waals surface area contributed by atoms with Crippen molar-refractivity contribution >= 4 is 11.5 Å². The van der Waals surface area contributed by atoms with Gasteiger partial charge in [-0.05, 0) is 24.6 Å². The summed E-state index contributed by atoms with van der Waals surface area (Å²) in [6.45, 7) is 5.13. The van der Waals surface area contributed by atoms with Gasteiger partial charge in [0.15, 0.2) is 11.5 Å². The number of ether oxygens (including phenoxy) is 1. The number of aryl methyl sites for hydroxylation is 3. The second kappa shape index (κ2) is 7.59. The molecule has 9 heteroatoms. The molecule has 148 valence electrons. The molecule has 5 rings (SSSR count). The fourth-order valence-corrected chi connectivity index (χ4v) is 3.45. The molecule has 1 fully saturated rings. The van der Waals surface area contributed by atoms with Gasteiger partial charge in [-0.1, -0.05) is 29.4 Å². The summed E-state index contributed by atoms with van der Waals surface area (Å²) in [6, 6.07) is 11.9. The zero-order valence-corrected chi connectivity index (χ0v) is 16.2. The average molecular weight is 391 g/mol. The van der Waals surface area contributed by atoms with E-state index in [9.17, 15) is 0 Å². The molecule has 1 aliphatic rings. The Hall–Kier alpha value is -3.33. The van der Waals surface area contributed by atoms with Crippen molar-refractivity contribution in [1.82, 2.24) is 30.0 Å². The largest absolute Gasteiger partial charge is 0.378 e. The molecule has 0 bridgehead atoms. The first-order chi connectivity index (χ1) is 14.3. The predicted molar refractivity (Wildman–Crippen MR) is 106 cm³/mol. The lowest BCUT2D eigenvalue weighted by molar-refractivity contribution is 0.122. The number of benzene rings is 1. The highest BCUT2D eigenvalue weighted by molar-refractivity contribution is 5.58. The third-order valence-electron chi connectivity index (χ3n) is 5.06. The zero-order chi connectivity index (χ0) is 19.6. The van der Waals surface area contributed by atoms with E-state index in [1.807, 2.05) is 43.3 Å². The van der Waals surface area contributed by atoms with Gasteiger partial charge in [0, 0.05) is 31.5 Å². The number of fused-ring (bicyclic) bond motifs is 1. The standard InChI is InChI=1S/C20H21N7O2/c1-14-4-2-3-5-15(14)20-21-19(29-25-20)9-8-17-23-22-16-6-7-18(24-27(16)17)26-10-12-28-13-11-26/h2-7H,8-13H2,1H3.